The highest BCUT2D eigenvalue weighted by Crippen LogP contribution is 2.22. The molecule has 0 aliphatic rings. The number of thiophene rings is 1. The number of hydrogen-bond acceptors (Lipinski definition) is 4. The maximum absolute atomic E-state index is 12.2. The normalized spacial score (nSPS) is 11.5. The van der Waals surface area contributed by atoms with Crippen LogP contribution in [-0.4, -0.2) is 8.42 Å². The van der Waals surface area contributed by atoms with Crippen LogP contribution in [0.1, 0.15) is 16.0 Å². The fraction of sp³-hybridized carbons (Fsp3) is 0.231. The molecule has 0 aliphatic heterocycles. The SMILES string of the molecule is Cc1cc(C)cc(NS(=O)(=O)c2csc(CN)c2)c1. The first-order chi connectivity index (χ1) is 8.90. The molecule has 0 atom stereocenters. The van der Waals surface area contributed by atoms with Gasteiger partial charge in [-0.05, 0) is 43.2 Å². The quantitative estimate of drug-likeness (QED) is 0.911. The van der Waals surface area contributed by atoms with Gasteiger partial charge in [-0.15, -0.1) is 11.3 Å². The molecule has 102 valence electrons. The summed E-state index contributed by atoms with van der Waals surface area (Å²) < 4.78 is 27.0. The molecule has 0 spiro atoms. The van der Waals surface area contributed by atoms with Gasteiger partial charge in [0.05, 0.1) is 4.90 Å². The van der Waals surface area contributed by atoms with Gasteiger partial charge in [0.25, 0.3) is 10.0 Å². The highest BCUT2D eigenvalue weighted by Gasteiger charge is 2.16. The third-order valence-electron chi connectivity index (χ3n) is 2.62. The Labute approximate surface area is 117 Å². The second-order valence-corrected chi connectivity index (χ2v) is 7.11. The second-order valence-electron chi connectivity index (χ2n) is 4.43. The minimum atomic E-state index is -3.53. The Hall–Kier alpha value is -1.37. The van der Waals surface area contributed by atoms with Gasteiger partial charge in [-0.25, -0.2) is 8.42 Å². The number of rotatable bonds is 4. The zero-order valence-corrected chi connectivity index (χ0v) is 12.4. The van der Waals surface area contributed by atoms with Gasteiger partial charge >= 0.3 is 0 Å². The van der Waals surface area contributed by atoms with Crippen molar-refractivity contribution in [3.05, 3.63) is 45.6 Å². The fourth-order valence-electron chi connectivity index (χ4n) is 1.86. The Balaban J connectivity index is 2.30. The zero-order valence-electron chi connectivity index (χ0n) is 10.8. The Bertz CT molecular complexity index is 670. The third-order valence-corrected chi connectivity index (χ3v) is 5.08. The van der Waals surface area contributed by atoms with E-state index in [2.05, 4.69) is 4.72 Å². The molecule has 4 nitrogen and oxygen atoms in total. The molecule has 0 saturated carbocycles. The Morgan fingerprint density at radius 1 is 1.16 bits per heavy atom. The van der Waals surface area contributed by atoms with E-state index in [1.165, 1.54) is 11.3 Å². The molecule has 0 unspecified atom stereocenters. The number of nitrogens with one attached hydrogen (secondary N) is 1. The third kappa shape index (κ3) is 3.34. The van der Waals surface area contributed by atoms with Gasteiger partial charge in [0, 0.05) is 22.5 Å². The van der Waals surface area contributed by atoms with Crippen molar-refractivity contribution in [1.29, 1.82) is 0 Å². The van der Waals surface area contributed by atoms with E-state index in [1.54, 1.807) is 23.6 Å². The van der Waals surface area contributed by atoms with E-state index in [1.807, 2.05) is 19.9 Å². The van der Waals surface area contributed by atoms with Gasteiger partial charge in [-0.1, -0.05) is 6.07 Å². The fourth-order valence-corrected chi connectivity index (χ4v) is 4.05. The van der Waals surface area contributed by atoms with Crippen molar-refractivity contribution in [2.75, 3.05) is 4.72 Å². The van der Waals surface area contributed by atoms with Gasteiger partial charge in [0.2, 0.25) is 0 Å². The van der Waals surface area contributed by atoms with Gasteiger partial charge in [-0.2, -0.15) is 0 Å². The number of sulfonamides is 1. The number of nitrogens with two attached hydrogens (primary N) is 1. The van der Waals surface area contributed by atoms with Crippen molar-refractivity contribution in [3.63, 3.8) is 0 Å². The summed E-state index contributed by atoms with van der Waals surface area (Å²) >= 11 is 1.35. The Morgan fingerprint density at radius 3 is 2.32 bits per heavy atom. The lowest BCUT2D eigenvalue weighted by atomic mass is 10.1. The molecule has 3 N–H and O–H groups in total. The molecule has 0 bridgehead atoms. The van der Waals surface area contributed by atoms with Gasteiger partial charge in [0.15, 0.2) is 0 Å². The van der Waals surface area contributed by atoms with Crippen molar-refractivity contribution in [1.82, 2.24) is 0 Å². The van der Waals surface area contributed by atoms with Crippen LogP contribution in [-0.2, 0) is 16.6 Å². The molecule has 19 heavy (non-hydrogen) atoms. The van der Waals surface area contributed by atoms with E-state index in [-0.39, 0.29) is 4.90 Å². The average Bonchev–Trinajstić information content (AvgIpc) is 2.75. The minimum Gasteiger partial charge on any atom is -0.326 e. The lowest BCUT2D eigenvalue weighted by Crippen LogP contribution is -2.12. The molecule has 0 amide bonds. The van der Waals surface area contributed by atoms with Crippen molar-refractivity contribution < 1.29 is 8.42 Å². The Kier molecular flexibility index (Phi) is 3.93. The van der Waals surface area contributed by atoms with Crippen molar-refractivity contribution in [2.24, 2.45) is 5.73 Å². The molecule has 0 aliphatic carbocycles. The number of hydrogen-bond donors (Lipinski definition) is 2. The van der Waals surface area contributed by atoms with E-state index in [4.69, 9.17) is 5.73 Å². The molecule has 0 saturated heterocycles. The number of aryl methyl sites for hydroxylation is 2. The van der Waals surface area contributed by atoms with Crippen molar-refractivity contribution in [3.8, 4) is 0 Å². The highest BCUT2D eigenvalue weighted by atomic mass is 32.2. The van der Waals surface area contributed by atoms with E-state index in [9.17, 15) is 8.42 Å². The van der Waals surface area contributed by atoms with E-state index >= 15 is 0 Å². The largest absolute Gasteiger partial charge is 0.326 e. The van der Waals surface area contributed by atoms with E-state index in [0.717, 1.165) is 16.0 Å². The zero-order chi connectivity index (χ0) is 14.0. The van der Waals surface area contributed by atoms with Crippen LogP contribution < -0.4 is 10.5 Å². The summed E-state index contributed by atoms with van der Waals surface area (Å²) in [5.41, 5.74) is 8.11. The monoisotopic (exact) mass is 296 g/mol. The standard InChI is InChI=1S/C13H16N2O2S2/c1-9-3-10(2)5-11(4-9)15-19(16,17)13-6-12(7-14)18-8-13/h3-6,8,15H,7,14H2,1-2H3. The predicted octanol–water partition coefficient (Wildman–Crippen LogP) is 2.62. The molecule has 2 aromatic rings. The topological polar surface area (TPSA) is 72.2 Å². The second kappa shape index (κ2) is 5.32. The smallest absolute Gasteiger partial charge is 0.262 e. The van der Waals surface area contributed by atoms with Crippen LogP contribution in [0.15, 0.2) is 34.5 Å². The first-order valence-corrected chi connectivity index (χ1v) is 8.15. The van der Waals surface area contributed by atoms with Gasteiger partial charge in [0.1, 0.15) is 0 Å². The maximum Gasteiger partial charge on any atom is 0.262 e. The van der Waals surface area contributed by atoms with Crippen LogP contribution in [0.5, 0.6) is 0 Å². The van der Waals surface area contributed by atoms with Crippen molar-refractivity contribution in [2.45, 2.75) is 25.3 Å². The summed E-state index contributed by atoms with van der Waals surface area (Å²) in [6.07, 6.45) is 0. The summed E-state index contributed by atoms with van der Waals surface area (Å²) in [6, 6.07) is 7.21. The number of anilines is 1. The van der Waals surface area contributed by atoms with Gasteiger partial charge < -0.3 is 5.73 Å². The van der Waals surface area contributed by atoms with E-state index in [0.29, 0.717) is 12.2 Å². The summed E-state index contributed by atoms with van der Waals surface area (Å²) in [5.74, 6) is 0. The summed E-state index contributed by atoms with van der Waals surface area (Å²) in [5, 5.41) is 1.60. The maximum atomic E-state index is 12.2. The van der Waals surface area contributed by atoms with Crippen LogP contribution in [0.25, 0.3) is 0 Å². The molecule has 0 radical (unpaired) electrons. The Morgan fingerprint density at radius 2 is 1.79 bits per heavy atom. The van der Waals surface area contributed by atoms with E-state index < -0.39 is 10.0 Å². The first-order valence-electron chi connectivity index (χ1n) is 5.79. The summed E-state index contributed by atoms with van der Waals surface area (Å²) in [4.78, 5) is 1.11. The first kappa shape index (κ1) is 14.0. The lowest BCUT2D eigenvalue weighted by molar-refractivity contribution is 0.601. The molecule has 1 heterocycles. The molecule has 0 fully saturated rings. The van der Waals surface area contributed by atoms with Crippen LogP contribution in [0.4, 0.5) is 5.69 Å². The van der Waals surface area contributed by atoms with Gasteiger partial charge in [-0.3, -0.25) is 4.72 Å². The van der Waals surface area contributed by atoms with Crippen LogP contribution in [0.2, 0.25) is 0 Å². The minimum absolute atomic E-state index is 0.261. The van der Waals surface area contributed by atoms with Crippen molar-refractivity contribution >= 4 is 27.0 Å². The molecule has 2 rings (SSSR count). The molecule has 6 heteroatoms. The molecular weight excluding hydrogens is 280 g/mol. The average molecular weight is 296 g/mol. The predicted molar refractivity (Wildman–Crippen MR) is 78.9 cm³/mol. The van der Waals surface area contributed by atoms with Crippen LogP contribution in [0.3, 0.4) is 0 Å². The van der Waals surface area contributed by atoms with Crippen LogP contribution >= 0.6 is 11.3 Å². The molecular formula is C13H16N2O2S2. The molecule has 1 aromatic carbocycles. The summed E-state index contributed by atoms with van der Waals surface area (Å²) in [7, 11) is -3.53. The highest BCUT2D eigenvalue weighted by molar-refractivity contribution is 7.92. The lowest BCUT2D eigenvalue weighted by Gasteiger charge is -2.08. The van der Waals surface area contributed by atoms with Crippen LogP contribution in [0, 0.1) is 13.8 Å². The molecule has 1 aromatic heterocycles. The summed E-state index contributed by atoms with van der Waals surface area (Å²) in [6.45, 7) is 4.22. The number of benzene rings is 1.